The van der Waals surface area contributed by atoms with Crippen molar-refractivity contribution >= 4 is 23.3 Å². The van der Waals surface area contributed by atoms with Crippen molar-refractivity contribution in [1.29, 1.82) is 0 Å². The van der Waals surface area contributed by atoms with Crippen LogP contribution in [0.2, 0.25) is 0 Å². The maximum absolute atomic E-state index is 5.77. The monoisotopic (exact) mass is 300 g/mol. The van der Waals surface area contributed by atoms with E-state index < -0.39 is 0 Å². The summed E-state index contributed by atoms with van der Waals surface area (Å²) in [6, 6.07) is 9.48. The van der Waals surface area contributed by atoms with Crippen molar-refractivity contribution in [2.24, 2.45) is 0 Å². The van der Waals surface area contributed by atoms with Gasteiger partial charge in [0.15, 0.2) is 11.3 Å². The number of rotatable bonds is 3. The SMILES string of the molecule is CCn1c(C)c(C)cc(Oc2nc3ccccc3o2)c1=S. The Morgan fingerprint density at radius 3 is 2.76 bits per heavy atom. The van der Waals surface area contributed by atoms with Gasteiger partial charge < -0.3 is 13.7 Å². The molecule has 0 saturated heterocycles. The highest BCUT2D eigenvalue weighted by Gasteiger charge is 2.12. The maximum Gasteiger partial charge on any atom is 0.400 e. The van der Waals surface area contributed by atoms with Crippen molar-refractivity contribution in [2.45, 2.75) is 27.3 Å². The first-order valence-electron chi connectivity index (χ1n) is 6.84. The van der Waals surface area contributed by atoms with Gasteiger partial charge >= 0.3 is 6.08 Å². The molecule has 0 bridgehead atoms. The second kappa shape index (κ2) is 5.33. The second-order valence-corrected chi connectivity index (χ2v) is 5.26. The molecule has 2 heterocycles. The maximum atomic E-state index is 5.77. The second-order valence-electron chi connectivity index (χ2n) is 4.88. The number of nitrogens with zero attached hydrogens (tertiary/aromatic N) is 2. The van der Waals surface area contributed by atoms with E-state index in [4.69, 9.17) is 21.4 Å². The normalized spacial score (nSPS) is 11.0. The summed E-state index contributed by atoms with van der Waals surface area (Å²) in [5.41, 5.74) is 3.74. The number of benzene rings is 1. The van der Waals surface area contributed by atoms with Crippen molar-refractivity contribution in [2.75, 3.05) is 0 Å². The minimum absolute atomic E-state index is 0.216. The molecular formula is C16H16N2O2S. The minimum Gasteiger partial charge on any atom is -0.409 e. The quantitative estimate of drug-likeness (QED) is 0.652. The third-order valence-electron chi connectivity index (χ3n) is 3.57. The Hall–Kier alpha value is -2.14. The van der Waals surface area contributed by atoms with E-state index in [9.17, 15) is 0 Å². The van der Waals surface area contributed by atoms with E-state index in [1.807, 2.05) is 41.8 Å². The van der Waals surface area contributed by atoms with Gasteiger partial charge in [-0.1, -0.05) is 24.4 Å². The predicted octanol–water partition coefficient (Wildman–Crippen LogP) is 4.79. The predicted molar refractivity (Wildman–Crippen MR) is 84.5 cm³/mol. The van der Waals surface area contributed by atoms with Gasteiger partial charge in [0, 0.05) is 12.2 Å². The van der Waals surface area contributed by atoms with E-state index in [2.05, 4.69) is 18.8 Å². The molecule has 0 unspecified atom stereocenters. The lowest BCUT2D eigenvalue weighted by Gasteiger charge is -2.13. The largest absolute Gasteiger partial charge is 0.409 e. The zero-order valence-corrected chi connectivity index (χ0v) is 13.0. The van der Waals surface area contributed by atoms with Crippen LogP contribution in [0.3, 0.4) is 0 Å². The highest BCUT2D eigenvalue weighted by atomic mass is 32.1. The Kier molecular flexibility index (Phi) is 3.51. The molecule has 5 heteroatoms. The highest BCUT2D eigenvalue weighted by Crippen LogP contribution is 2.28. The van der Waals surface area contributed by atoms with Crippen molar-refractivity contribution < 1.29 is 9.15 Å². The van der Waals surface area contributed by atoms with Gasteiger partial charge in [0.2, 0.25) is 0 Å². The zero-order valence-electron chi connectivity index (χ0n) is 12.2. The number of aryl methyl sites for hydroxylation is 1. The van der Waals surface area contributed by atoms with Crippen LogP contribution in [0, 0.1) is 18.5 Å². The number of ether oxygens (including phenoxy) is 1. The molecule has 1 aromatic carbocycles. The molecule has 0 radical (unpaired) electrons. The van der Waals surface area contributed by atoms with Crippen LogP contribution >= 0.6 is 12.2 Å². The fraction of sp³-hybridized carbons (Fsp3) is 0.250. The molecule has 3 rings (SSSR count). The highest BCUT2D eigenvalue weighted by molar-refractivity contribution is 7.71. The molecule has 0 aliphatic rings. The third-order valence-corrected chi connectivity index (χ3v) is 3.99. The molecule has 3 aromatic rings. The Balaban J connectivity index is 2.05. The van der Waals surface area contributed by atoms with E-state index >= 15 is 0 Å². The standard InChI is InChI=1S/C16H16N2O2S/c1-4-18-11(3)10(2)9-14(15(18)21)20-16-17-12-7-5-6-8-13(12)19-16/h5-9H,4H2,1-3H3. The van der Waals surface area contributed by atoms with E-state index in [0.29, 0.717) is 16.0 Å². The summed E-state index contributed by atoms with van der Waals surface area (Å²) in [5.74, 6) is 0.599. The van der Waals surface area contributed by atoms with Crippen LogP contribution in [0.5, 0.6) is 11.8 Å². The summed E-state index contributed by atoms with van der Waals surface area (Å²) in [6.45, 7) is 6.95. The first kappa shape index (κ1) is 13.8. The third kappa shape index (κ3) is 2.45. The summed E-state index contributed by atoms with van der Waals surface area (Å²) in [5, 5.41) is 0. The van der Waals surface area contributed by atoms with E-state index in [-0.39, 0.29) is 6.08 Å². The smallest absolute Gasteiger partial charge is 0.400 e. The van der Waals surface area contributed by atoms with Crippen molar-refractivity contribution in [3.05, 3.63) is 46.2 Å². The molecule has 0 amide bonds. The fourth-order valence-corrected chi connectivity index (χ4v) is 2.67. The fourth-order valence-electron chi connectivity index (χ4n) is 2.30. The Morgan fingerprint density at radius 2 is 2.05 bits per heavy atom. The lowest BCUT2D eigenvalue weighted by Crippen LogP contribution is -2.06. The molecular weight excluding hydrogens is 284 g/mol. The molecule has 0 aliphatic heterocycles. The van der Waals surface area contributed by atoms with Gasteiger partial charge in [-0.3, -0.25) is 0 Å². The van der Waals surface area contributed by atoms with Crippen molar-refractivity contribution in [1.82, 2.24) is 9.55 Å². The van der Waals surface area contributed by atoms with Crippen LogP contribution in [-0.4, -0.2) is 9.55 Å². The van der Waals surface area contributed by atoms with E-state index in [1.54, 1.807) is 0 Å². The molecule has 0 spiro atoms. The van der Waals surface area contributed by atoms with Crippen LogP contribution in [0.1, 0.15) is 18.2 Å². The summed E-state index contributed by atoms with van der Waals surface area (Å²) < 4.78 is 14.1. The average Bonchev–Trinajstić information content (AvgIpc) is 2.87. The van der Waals surface area contributed by atoms with E-state index in [1.165, 1.54) is 0 Å². The van der Waals surface area contributed by atoms with Gasteiger partial charge in [-0.05, 0) is 44.5 Å². The van der Waals surface area contributed by atoms with Gasteiger partial charge in [0.05, 0.1) is 0 Å². The van der Waals surface area contributed by atoms with Crippen LogP contribution < -0.4 is 4.74 Å². The molecule has 0 saturated carbocycles. The molecule has 2 aromatic heterocycles. The summed E-state index contributed by atoms with van der Waals surface area (Å²) in [7, 11) is 0. The van der Waals surface area contributed by atoms with Gasteiger partial charge in [0.1, 0.15) is 10.2 Å². The van der Waals surface area contributed by atoms with Gasteiger partial charge in [-0.15, -0.1) is 0 Å². The van der Waals surface area contributed by atoms with Crippen LogP contribution in [0.4, 0.5) is 0 Å². The van der Waals surface area contributed by atoms with Crippen molar-refractivity contribution in [3.63, 3.8) is 0 Å². The lowest BCUT2D eigenvalue weighted by atomic mass is 10.2. The number of hydrogen-bond acceptors (Lipinski definition) is 4. The zero-order chi connectivity index (χ0) is 15.0. The average molecular weight is 300 g/mol. The first-order valence-corrected chi connectivity index (χ1v) is 7.25. The van der Waals surface area contributed by atoms with Crippen LogP contribution in [0.25, 0.3) is 11.1 Å². The minimum atomic E-state index is 0.216. The van der Waals surface area contributed by atoms with Gasteiger partial charge in [0.25, 0.3) is 0 Å². The number of aromatic nitrogens is 2. The molecule has 21 heavy (non-hydrogen) atoms. The molecule has 4 nitrogen and oxygen atoms in total. The summed E-state index contributed by atoms with van der Waals surface area (Å²) in [6.07, 6.45) is 0.216. The molecule has 0 N–H and O–H groups in total. The lowest BCUT2D eigenvalue weighted by molar-refractivity contribution is 0.338. The number of para-hydroxylation sites is 2. The first-order chi connectivity index (χ1) is 10.1. The number of hydrogen-bond donors (Lipinski definition) is 0. The van der Waals surface area contributed by atoms with Crippen molar-refractivity contribution in [3.8, 4) is 11.8 Å². The van der Waals surface area contributed by atoms with E-state index in [0.717, 1.165) is 23.3 Å². The number of pyridine rings is 1. The molecule has 0 aliphatic carbocycles. The number of oxazole rings is 1. The Morgan fingerprint density at radius 1 is 1.29 bits per heavy atom. The Labute approximate surface area is 128 Å². The molecule has 108 valence electrons. The topological polar surface area (TPSA) is 40.2 Å². The van der Waals surface area contributed by atoms with Gasteiger partial charge in [-0.2, -0.15) is 4.98 Å². The summed E-state index contributed by atoms with van der Waals surface area (Å²) in [4.78, 5) is 4.31. The number of fused-ring (bicyclic) bond motifs is 1. The molecule has 0 atom stereocenters. The Bertz CT molecular complexity index is 831. The molecule has 0 fully saturated rings. The van der Waals surface area contributed by atoms with Crippen LogP contribution in [0.15, 0.2) is 34.7 Å². The van der Waals surface area contributed by atoms with Crippen LogP contribution in [-0.2, 0) is 6.54 Å². The summed E-state index contributed by atoms with van der Waals surface area (Å²) >= 11 is 5.49. The van der Waals surface area contributed by atoms with Gasteiger partial charge in [-0.25, -0.2) is 0 Å².